The van der Waals surface area contributed by atoms with Gasteiger partial charge in [0.15, 0.2) is 5.82 Å². The molecule has 2 atom stereocenters. The standard InChI is InChI=1S/C38H48FN7O3/c1-6-25-11-7-12-26-13-8-14-28(30(25)26)32-31(39)33-29(21-40-32)34(41-23-37(45(4)5)16-9-17-37)43-35(42-33)49-24-38-18-10-20-46(38)27(15-19-38)22-48-36(47)44(2)3/h7-8,11-14,21,27H,6,9-10,15-20,22-24H2,1-5H3,(H,41,42,43)/t27-,38-/m1/s1. The van der Waals surface area contributed by atoms with E-state index in [0.29, 0.717) is 31.0 Å². The van der Waals surface area contributed by atoms with Gasteiger partial charge in [0.2, 0.25) is 0 Å². The normalized spacial score (nSPS) is 21.6. The lowest BCUT2D eigenvalue weighted by molar-refractivity contribution is 0.0484. The molecule has 0 radical (unpaired) electrons. The summed E-state index contributed by atoms with van der Waals surface area (Å²) in [5, 5.41) is 6.15. The number of hydrogen-bond donors (Lipinski definition) is 1. The summed E-state index contributed by atoms with van der Waals surface area (Å²) in [7, 11) is 7.60. The molecule has 7 rings (SSSR count). The molecule has 4 heterocycles. The first kappa shape index (κ1) is 33.4. The van der Waals surface area contributed by atoms with E-state index in [1.54, 1.807) is 20.3 Å². The number of ether oxygens (including phenoxy) is 2. The van der Waals surface area contributed by atoms with E-state index in [-0.39, 0.29) is 40.4 Å². The summed E-state index contributed by atoms with van der Waals surface area (Å²) < 4.78 is 28.9. The highest BCUT2D eigenvalue weighted by Gasteiger charge is 2.50. The largest absolute Gasteiger partial charge is 0.461 e. The Kier molecular flexibility index (Phi) is 9.08. The zero-order valence-corrected chi connectivity index (χ0v) is 29.4. The van der Waals surface area contributed by atoms with Gasteiger partial charge in [-0.15, -0.1) is 0 Å². The number of carbonyl (C=O) groups is 1. The zero-order valence-electron chi connectivity index (χ0n) is 29.4. The Labute approximate surface area is 288 Å². The Morgan fingerprint density at radius 3 is 2.57 bits per heavy atom. The van der Waals surface area contributed by atoms with Crippen LogP contribution in [0.1, 0.15) is 57.4 Å². The van der Waals surface area contributed by atoms with E-state index in [9.17, 15) is 4.79 Å². The minimum Gasteiger partial charge on any atom is -0.461 e. The molecule has 2 aromatic carbocycles. The third kappa shape index (κ3) is 6.05. The predicted octanol–water partition coefficient (Wildman–Crippen LogP) is 6.52. The summed E-state index contributed by atoms with van der Waals surface area (Å²) in [6.07, 6.45) is 9.37. The van der Waals surface area contributed by atoms with Gasteiger partial charge in [0.25, 0.3) is 0 Å². The fraction of sp³-hybridized carbons (Fsp3) is 0.526. The number of rotatable bonds is 11. The van der Waals surface area contributed by atoms with Crippen LogP contribution in [-0.4, -0.2) is 107 Å². The Hall–Kier alpha value is -4.09. The van der Waals surface area contributed by atoms with Gasteiger partial charge in [-0.1, -0.05) is 43.3 Å². The van der Waals surface area contributed by atoms with E-state index in [1.807, 2.05) is 18.2 Å². The summed E-state index contributed by atoms with van der Waals surface area (Å²) >= 11 is 0. The number of aromatic nitrogens is 3. The number of benzene rings is 2. The maximum atomic E-state index is 16.9. The van der Waals surface area contributed by atoms with Crippen molar-refractivity contribution in [3.63, 3.8) is 0 Å². The van der Waals surface area contributed by atoms with Crippen LogP contribution in [0.4, 0.5) is 15.0 Å². The quantitative estimate of drug-likeness (QED) is 0.192. The molecule has 10 nitrogen and oxygen atoms in total. The van der Waals surface area contributed by atoms with Crippen LogP contribution >= 0.6 is 0 Å². The fourth-order valence-corrected chi connectivity index (χ4v) is 8.23. The first-order valence-corrected chi connectivity index (χ1v) is 17.7. The van der Waals surface area contributed by atoms with Crippen molar-refractivity contribution in [3.8, 4) is 17.3 Å². The summed E-state index contributed by atoms with van der Waals surface area (Å²) in [6, 6.07) is 12.4. The average molecular weight is 670 g/mol. The molecule has 3 fully saturated rings. The van der Waals surface area contributed by atoms with Crippen LogP contribution in [-0.2, 0) is 11.2 Å². The van der Waals surface area contributed by atoms with Gasteiger partial charge in [-0.2, -0.15) is 9.97 Å². The molecule has 0 bridgehead atoms. The number of likely N-dealkylation sites (N-methyl/N-ethyl adjacent to an activating group) is 1. The van der Waals surface area contributed by atoms with Crippen molar-refractivity contribution in [2.75, 3.05) is 59.8 Å². The Morgan fingerprint density at radius 1 is 1.06 bits per heavy atom. The molecule has 0 unspecified atom stereocenters. The van der Waals surface area contributed by atoms with Crippen molar-refractivity contribution < 1.29 is 18.7 Å². The third-order valence-electron chi connectivity index (χ3n) is 11.4. The number of pyridine rings is 1. The lowest BCUT2D eigenvalue weighted by atomic mass is 9.75. The number of halogens is 1. The van der Waals surface area contributed by atoms with E-state index in [4.69, 9.17) is 24.4 Å². The van der Waals surface area contributed by atoms with Crippen LogP contribution in [0, 0.1) is 5.82 Å². The molecule has 4 aromatic rings. The molecule has 3 aliphatic rings. The number of amides is 1. The van der Waals surface area contributed by atoms with E-state index < -0.39 is 5.82 Å². The number of nitrogens with zero attached hydrogens (tertiary/aromatic N) is 6. The zero-order chi connectivity index (χ0) is 34.3. The minimum atomic E-state index is -0.485. The van der Waals surface area contributed by atoms with Gasteiger partial charge in [0.1, 0.15) is 30.2 Å². The van der Waals surface area contributed by atoms with E-state index in [0.717, 1.165) is 73.4 Å². The molecular weight excluding hydrogens is 621 g/mol. The second-order valence-corrected chi connectivity index (χ2v) is 14.5. The van der Waals surface area contributed by atoms with Crippen LogP contribution in [0.3, 0.4) is 0 Å². The van der Waals surface area contributed by atoms with Gasteiger partial charge >= 0.3 is 12.1 Å². The maximum Gasteiger partial charge on any atom is 0.409 e. The van der Waals surface area contributed by atoms with E-state index >= 15 is 4.39 Å². The van der Waals surface area contributed by atoms with Gasteiger partial charge < -0.3 is 24.6 Å². The number of hydrogen-bond acceptors (Lipinski definition) is 9. The minimum absolute atomic E-state index is 0.0158. The van der Waals surface area contributed by atoms with Crippen LogP contribution in [0.2, 0.25) is 0 Å². The van der Waals surface area contributed by atoms with Crippen LogP contribution < -0.4 is 10.1 Å². The molecule has 11 heteroatoms. The van der Waals surface area contributed by atoms with Crippen LogP contribution in [0.15, 0.2) is 42.6 Å². The highest BCUT2D eigenvalue weighted by atomic mass is 19.1. The molecule has 1 amide bonds. The van der Waals surface area contributed by atoms with E-state index in [2.05, 4.69) is 54.3 Å². The third-order valence-corrected chi connectivity index (χ3v) is 11.4. The first-order valence-electron chi connectivity index (χ1n) is 17.7. The predicted molar refractivity (Wildman–Crippen MR) is 191 cm³/mol. The van der Waals surface area contributed by atoms with Gasteiger partial charge in [0.05, 0.1) is 10.9 Å². The van der Waals surface area contributed by atoms with Crippen molar-refractivity contribution >= 4 is 33.6 Å². The van der Waals surface area contributed by atoms with Gasteiger partial charge in [-0.3, -0.25) is 9.88 Å². The molecule has 1 N–H and O–H groups in total. The number of aryl methyl sites for hydroxylation is 1. The summed E-state index contributed by atoms with van der Waals surface area (Å²) in [4.78, 5) is 32.6. The van der Waals surface area contributed by atoms with Crippen molar-refractivity contribution in [2.24, 2.45) is 0 Å². The molecule has 2 aromatic heterocycles. The Morgan fingerprint density at radius 2 is 1.86 bits per heavy atom. The average Bonchev–Trinajstić information content (AvgIpc) is 3.65. The van der Waals surface area contributed by atoms with Crippen molar-refractivity contribution in [3.05, 3.63) is 54.0 Å². The Balaban J connectivity index is 1.23. The highest BCUT2D eigenvalue weighted by Crippen LogP contribution is 2.43. The molecule has 260 valence electrons. The molecule has 49 heavy (non-hydrogen) atoms. The SMILES string of the molecule is CCc1cccc2cccc(-c3ncc4c(NCC5(N(C)C)CCC5)nc(OC[C@]56CCCN5[C@@H](COC(=O)N(C)C)CC6)nc4c3F)c12. The number of carbonyl (C=O) groups excluding carboxylic acids is 1. The van der Waals surface area contributed by atoms with Gasteiger partial charge in [-0.25, -0.2) is 9.18 Å². The first-order chi connectivity index (χ1) is 23.6. The number of fused-ring (bicyclic) bond motifs is 3. The molecule has 0 spiro atoms. The van der Waals surface area contributed by atoms with Gasteiger partial charge in [0, 0.05) is 44.0 Å². The summed E-state index contributed by atoms with van der Waals surface area (Å²) in [5.41, 5.74) is 2.16. The van der Waals surface area contributed by atoms with E-state index in [1.165, 1.54) is 11.3 Å². The topological polar surface area (TPSA) is 95.9 Å². The summed E-state index contributed by atoms with van der Waals surface area (Å²) in [5.74, 6) is 0.0420. The lowest BCUT2D eigenvalue weighted by Gasteiger charge is -2.47. The fourth-order valence-electron chi connectivity index (χ4n) is 8.23. The summed E-state index contributed by atoms with van der Waals surface area (Å²) in [6.45, 7) is 4.42. The maximum absolute atomic E-state index is 16.9. The van der Waals surface area contributed by atoms with Gasteiger partial charge in [-0.05, 0) is 88.3 Å². The molecule has 2 saturated heterocycles. The molecule has 1 aliphatic carbocycles. The number of nitrogens with one attached hydrogen (secondary N) is 1. The number of anilines is 1. The van der Waals surface area contributed by atoms with Crippen LogP contribution in [0.5, 0.6) is 6.01 Å². The second kappa shape index (κ2) is 13.3. The highest BCUT2D eigenvalue weighted by molar-refractivity contribution is 6.00. The van der Waals surface area contributed by atoms with Crippen LogP contribution in [0.25, 0.3) is 32.9 Å². The second-order valence-electron chi connectivity index (χ2n) is 14.5. The monoisotopic (exact) mass is 669 g/mol. The Bertz CT molecular complexity index is 1860. The smallest absolute Gasteiger partial charge is 0.409 e. The lowest BCUT2D eigenvalue weighted by Crippen LogP contribution is -2.54. The van der Waals surface area contributed by atoms with Crippen molar-refractivity contribution in [1.29, 1.82) is 0 Å². The van der Waals surface area contributed by atoms with Crippen molar-refractivity contribution in [2.45, 2.75) is 75.4 Å². The van der Waals surface area contributed by atoms with Crippen molar-refractivity contribution in [1.82, 2.24) is 29.7 Å². The molecule has 2 aliphatic heterocycles. The molecular formula is C38H48FN7O3. The molecule has 1 saturated carbocycles.